The van der Waals surface area contributed by atoms with Crippen molar-refractivity contribution in [3.05, 3.63) is 48.5 Å². The number of imidazole rings is 1. The van der Waals surface area contributed by atoms with Gasteiger partial charge in [-0.2, -0.15) is 0 Å². The molecule has 5 heteroatoms. The summed E-state index contributed by atoms with van der Waals surface area (Å²) < 4.78 is 1.83. The molecule has 3 rings (SSSR count). The molecule has 1 aromatic carbocycles. The fourth-order valence-corrected chi connectivity index (χ4v) is 2.77. The van der Waals surface area contributed by atoms with Crippen LogP contribution in [0, 0.1) is 5.41 Å². The largest absolute Gasteiger partial charge is 0.337 e. The topological polar surface area (TPSA) is 64.2 Å². The maximum atomic E-state index is 12.7. The van der Waals surface area contributed by atoms with Crippen LogP contribution in [-0.2, 0) is 0 Å². The highest BCUT2D eigenvalue weighted by molar-refractivity contribution is 5.93. The molecule has 0 spiro atoms. The number of aromatic nitrogens is 2. The van der Waals surface area contributed by atoms with E-state index in [9.17, 15) is 4.79 Å². The van der Waals surface area contributed by atoms with E-state index in [1.807, 2.05) is 39.8 Å². The molecule has 1 fully saturated rings. The van der Waals surface area contributed by atoms with Gasteiger partial charge in [0.1, 0.15) is 5.69 Å². The maximum absolute atomic E-state index is 12.7. The van der Waals surface area contributed by atoms with Gasteiger partial charge in [-0.25, -0.2) is 4.98 Å². The second kappa shape index (κ2) is 5.33. The number of nitrogens with zero attached hydrogens (tertiary/aromatic N) is 3. The molecule has 1 amide bonds. The Balaban J connectivity index is 1.86. The lowest BCUT2D eigenvalue weighted by Gasteiger charge is -2.22. The van der Waals surface area contributed by atoms with Gasteiger partial charge in [-0.05, 0) is 30.5 Å². The molecular formula is C16H20N4O. The molecule has 0 radical (unpaired) electrons. The van der Waals surface area contributed by atoms with Gasteiger partial charge in [0.25, 0.3) is 5.91 Å². The summed E-state index contributed by atoms with van der Waals surface area (Å²) in [4.78, 5) is 18.7. The summed E-state index contributed by atoms with van der Waals surface area (Å²) in [6.45, 7) is 4.21. The van der Waals surface area contributed by atoms with Crippen LogP contribution in [0.25, 0.3) is 5.69 Å². The van der Waals surface area contributed by atoms with Gasteiger partial charge in [-0.1, -0.05) is 25.1 Å². The van der Waals surface area contributed by atoms with E-state index >= 15 is 0 Å². The van der Waals surface area contributed by atoms with Gasteiger partial charge < -0.3 is 10.6 Å². The predicted octanol–water partition coefficient (Wildman–Crippen LogP) is 1.68. The molecular weight excluding hydrogens is 264 g/mol. The molecule has 1 aliphatic heterocycles. The lowest BCUT2D eigenvalue weighted by molar-refractivity contribution is 0.0769. The van der Waals surface area contributed by atoms with Crippen LogP contribution in [0.1, 0.15) is 23.8 Å². The Morgan fingerprint density at radius 3 is 2.81 bits per heavy atom. The average molecular weight is 284 g/mol. The molecule has 2 N–H and O–H groups in total. The van der Waals surface area contributed by atoms with Crippen molar-refractivity contribution in [2.45, 2.75) is 13.3 Å². The highest BCUT2D eigenvalue weighted by Gasteiger charge is 2.36. The summed E-state index contributed by atoms with van der Waals surface area (Å²) in [6.07, 6.45) is 4.27. The summed E-state index contributed by atoms with van der Waals surface area (Å²) in [5.41, 5.74) is 7.39. The summed E-state index contributed by atoms with van der Waals surface area (Å²) in [5.74, 6) is 0.0218. The number of para-hydroxylation sites is 1. The van der Waals surface area contributed by atoms with Crippen LogP contribution in [-0.4, -0.2) is 40.0 Å². The summed E-state index contributed by atoms with van der Waals surface area (Å²) in [5, 5.41) is 0. The third-order valence-electron chi connectivity index (χ3n) is 4.23. The van der Waals surface area contributed by atoms with Crippen molar-refractivity contribution < 1.29 is 4.79 Å². The van der Waals surface area contributed by atoms with Crippen LogP contribution in [0.2, 0.25) is 0 Å². The summed E-state index contributed by atoms with van der Waals surface area (Å²) in [7, 11) is 0. The molecule has 1 atom stereocenters. The Morgan fingerprint density at radius 1 is 1.38 bits per heavy atom. The molecule has 1 saturated heterocycles. The smallest absolute Gasteiger partial charge is 0.272 e. The van der Waals surface area contributed by atoms with Crippen LogP contribution >= 0.6 is 0 Å². The number of benzene rings is 1. The first-order valence-electron chi connectivity index (χ1n) is 7.20. The zero-order chi connectivity index (χ0) is 14.9. The van der Waals surface area contributed by atoms with Crippen LogP contribution in [0.15, 0.2) is 42.9 Å². The minimum atomic E-state index is 0.0218. The fourth-order valence-electron chi connectivity index (χ4n) is 2.77. The van der Waals surface area contributed by atoms with Gasteiger partial charge in [-0.15, -0.1) is 0 Å². The first kappa shape index (κ1) is 13.8. The second-order valence-electron chi connectivity index (χ2n) is 5.98. The van der Waals surface area contributed by atoms with E-state index < -0.39 is 0 Å². The van der Waals surface area contributed by atoms with Crippen LogP contribution in [0.4, 0.5) is 0 Å². The molecule has 1 aromatic heterocycles. The molecule has 0 bridgehead atoms. The highest BCUT2D eigenvalue weighted by atomic mass is 16.2. The summed E-state index contributed by atoms with van der Waals surface area (Å²) in [6, 6.07) is 9.78. The number of amides is 1. The van der Waals surface area contributed by atoms with Crippen LogP contribution in [0.3, 0.4) is 0 Å². The average Bonchev–Trinajstić information content (AvgIpc) is 3.15. The summed E-state index contributed by atoms with van der Waals surface area (Å²) >= 11 is 0. The molecule has 21 heavy (non-hydrogen) atoms. The second-order valence-corrected chi connectivity index (χ2v) is 5.98. The van der Waals surface area contributed by atoms with Crippen molar-refractivity contribution in [1.82, 2.24) is 14.5 Å². The molecule has 2 heterocycles. The zero-order valence-electron chi connectivity index (χ0n) is 12.2. The van der Waals surface area contributed by atoms with Gasteiger partial charge in [0.05, 0.1) is 12.5 Å². The Bertz CT molecular complexity index is 637. The first-order chi connectivity index (χ1) is 10.1. The fraction of sp³-hybridized carbons (Fsp3) is 0.375. The van der Waals surface area contributed by atoms with E-state index in [4.69, 9.17) is 5.73 Å². The normalized spacial score (nSPS) is 21.7. The van der Waals surface area contributed by atoms with E-state index in [0.717, 1.165) is 18.7 Å². The highest BCUT2D eigenvalue weighted by Crippen LogP contribution is 2.29. The lowest BCUT2D eigenvalue weighted by atomic mass is 9.90. The molecule has 1 unspecified atom stereocenters. The van der Waals surface area contributed by atoms with Crippen molar-refractivity contribution in [2.24, 2.45) is 11.1 Å². The number of hydrogen-bond acceptors (Lipinski definition) is 3. The maximum Gasteiger partial charge on any atom is 0.272 e. The van der Waals surface area contributed by atoms with Gasteiger partial charge in [-0.3, -0.25) is 9.36 Å². The van der Waals surface area contributed by atoms with Crippen LogP contribution < -0.4 is 5.73 Å². The Morgan fingerprint density at radius 2 is 2.14 bits per heavy atom. The third-order valence-corrected chi connectivity index (χ3v) is 4.23. The number of carbonyl (C=O) groups is 1. The predicted molar refractivity (Wildman–Crippen MR) is 81.2 cm³/mol. The van der Waals surface area contributed by atoms with Gasteiger partial charge in [0.2, 0.25) is 0 Å². The number of rotatable bonds is 3. The van der Waals surface area contributed by atoms with Crippen molar-refractivity contribution in [3.63, 3.8) is 0 Å². The van der Waals surface area contributed by atoms with E-state index in [0.29, 0.717) is 18.8 Å². The molecule has 1 aliphatic rings. The Kier molecular flexibility index (Phi) is 3.51. The Labute approximate surface area is 124 Å². The van der Waals surface area contributed by atoms with Gasteiger partial charge in [0.15, 0.2) is 0 Å². The monoisotopic (exact) mass is 284 g/mol. The van der Waals surface area contributed by atoms with Crippen molar-refractivity contribution in [2.75, 3.05) is 19.6 Å². The van der Waals surface area contributed by atoms with Crippen molar-refractivity contribution >= 4 is 5.91 Å². The third kappa shape index (κ3) is 2.56. The Hall–Kier alpha value is -2.14. The lowest BCUT2D eigenvalue weighted by Crippen LogP contribution is -2.35. The number of hydrogen-bond donors (Lipinski definition) is 1. The van der Waals surface area contributed by atoms with Gasteiger partial charge in [0, 0.05) is 18.8 Å². The first-order valence-corrected chi connectivity index (χ1v) is 7.20. The minimum Gasteiger partial charge on any atom is -0.337 e. The molecule has 2 aromatic rings. The number of likely N-dealkylation sites (tertiary alicyclic amines) is 1. The van der Waals surface area contributed by atoms with E-state index in [1.54, 1.807) is 12.5 Å². The van der Waals surface area contributed by atoms with Crippen molar-refractivity contribution in [1.29, 1.82) is 0 Å². The molecule has 0 aliphatic carbocycles. The van der Waals surface area contributed by atoms with E-state index in [-0.39, 0.29) is 11.3 Å². The molecule has 110 valence electrons. The zero-order valence-corrected chi connectivity index (χ0v) is 12.2. The number of carbonyl (C=O) groups excluding carboxylic acids is 1. The standard InChI is InChI=1S/C16H20N4O/c1-16(10-17)7-8-19(11-16)15(21)14-9-18-12-20(14)13-5-3-2-4-6-13/h2-6,9,12H,7-8,10-11,17H2,1H3. The quantitative estimate of drug-likeness (QED) is 0.932. The van der Waals surface area contributed by atoms with Crippen LogP contribution in [0.5, 0.6) is 0 Å². The molecule has 5 nitrogen and oxygen atoms in total. The van der Waals surface area contributed by atoms with E-state index in [2.05, 4.69) is 11.9 Å². The SMILES string of the molecule is CC1(CN)CCN(C(=O)c2cncn2-c2ccccc2)C1. The number of nitrogens with two attached hydrogens (primary N) is 1. The minimum absolute atomic E-state index is 0.0218. The van der Waals surface area contributed by atoms with Crippen molar-refractivity contribution in [3.8, 4) is 5.69 Å². The molecule has 0 saturated carbocycles. The van der Waals surface area contributed by atoms with E-state index in [1.165, 1.54) is 0 Å². The van der Waals surface area contributed by atoms with Gasteiger partial charge >= 0.3 is 0 Å².